The van der Waals surface area contributed by atoms with Crippen molar-refractivity contribution in [2.45, 2.75) is 0 Å². The van der Waals surface area contributed by atoms with E-state index in [0.29, 0.717) is 0 Å². The predicted octanol–water partition coefficient (Wildman–Crippen LogP) is -1.97. The number of allylic oxidation sites excluding steroid dienone is 6. The molecule has 7 N–H and O–H groups in total. The van der Waals surface area contributed by atoms with Crippen LogP contribution >= 0.6 is 47.1 Å². The average Bonchev–Trinajstić information content (AvgIpc) is 4.23. The Morgan fingerprint density at radius 2 is 1.20 bits per heavy atom. The second kappa shape index (κ2) is 33.7. The number of H-pyrrole nitrogens is 4. The number of carbonyl (C=O) groups is 2. The van der Waals surface area contributed by atoms with Gasteiger partial charge in [0.1, 0.15) is 40.9 Å². The van der Waals surface area contributed by atoms with E-state index >= 15 is 0 Å². The number of carbonyl (C=O) groups excluding carboxylic acids is 2. The van der Waals surface area contributed by atoms with E-state index in [9.17, 15) is 54.7 Å². The van der Waals surface area contributed by atoms with E-state index < -0.39 is 32.5 Å². The average molecular weight is 1280 g/mol. The number of aliphatic hydroxyl groups is 2. The van der Waals surface area contributed by atoms with Crippen LogP contribution in [0.3, 0.4) is 0 Å². The molecule has 81 heavy (non-hydrogen) atoms. The van der Waals surface area contributed by atoms with Crippen molar-refractivity contribution in [2.24, 2.45) is 40.9 Å². The summed E-state index contributed by atoms with van der Waals surface area (Å²) in [5.41, 5.74) is -2.24. The van der Waals surface area contributed by atoms with Crippen LogP contribution in [0.25, 0.3) is 9.69 Å². The number of nitrogens with one attached hydrogen (secondary N) is 4. The van der Waals surface area contributed by atoms with Crippen LogP contribution in [-0.2, 0) is 43.1 Å². The molecule has 6 aromatic rings. The molecule has 0 saturated carbocycles. The van der Waals surface area contributed by atoms with Gasteiger partial charge in [0.15, 0.2) is 32.7 Å². The Morgan fingerprint density at radius 3 is 1.59 bits per heavy atom. The minimum absolute atomic E-state index is 0. The van der Waals surface area contributed by atoms with Crippen molar-refractivity contribution in [1.82, 2.24) is 49.8 Å². The zero-order valence-electron chi connectivity index (χ0n) is 39.6. The topological polar surface area (TPSA) is 525 Å². The van der Waals surface area contributed by atoms with Gasteiger partial charge in [0.25, 0.3) is 11.1 Å². The van der Waals surface area contributed by atoms with E-state index in [1.54, 1.807) is 12.1 Å². The number of ketones is 2. The maximum absolute atomic E-state index is 11.7. The van der Waals surface area contributed by atoms with Gasteiger partial charge in [0, 0.05) is 56.9 Å². The van der Waals surface area contributed by atoms with E-state index in [1.807, 2.05) is 0 Å². The molecule has 0 amide bonds. The van der Waals surface area contributed by atoms with Crippen LogP contribution in [0.5, 0.6) is 11.8 Å². The molecule has 8 rings (SSSR count). The molecule has 2 aliphatic rings. The Kier molecular flexibility index (Phi) is 29.2. The number of aromatic nitrogens is 10. The van der Waals surface area contributed by atoms with E-state index in [4.69, 9.17) is 35.9 Å². The number of hydrogen-bond donors (Lipinski definition) is 7. The van der Waals surface area contributed by atoms with Crippen LogP contribution in [0.15, 0.2) is 111 Å². The molecular weight excluding hydrogens is 1260 g/mol. The van der Waals surface area contributed by atoms with Gasteiger partial charge in [0.2, 0.25) is 17.5 Å². The molecule has 0 aromatic carbocycles. The maximum atomic E-state index is 11.7. The third-order valence-corrected chi connectivity index (χ3v) is 9.87. The summed E-state index contributed by atoms with van der Waals surface area (Å²) in [5.74, 6) is -2.89. The Hall–Kier alpha value is -8.71. The molecule has 0 aliphatic heterocycles. The number of hydrogen-bond acceptors (Lipinski definition) is 28. The van der Waals surface area contributed by atoms with Crippen molar-refractivity contribution in [2.75, 3.05) is 0 Å². The normalized spacial score (nSPS) is 13.3. The third-order valence-electron chi connectivity index (χ3n) is 7.79. The Labute approximate surface area is 529 Å². The van der Waals surface area contributed by atoms with Crippen molar-refractivity contribution >= 4 is 115 Å². The minimum Gasteiger partial charge on any atom is -0.652 e. The summed E-state index contributed by atoms with van der Waals surface area (Å²) in [4.78, 5) is 102. The van der Waals surface area contributed by atoms with E-state index in [1.165, 1.54) is 24.3 Å². The molecule has 2 radical (unpaired) electrons. The number of nitriles is 2. The summed E-state index contributed by atoms with van der Waals surface area (Å²) in [6.45, 7) is 13.6. The van der Waals surface area contributed by atoms with Crippen molar-refractivity contribution in [1.29, 1.82) is 10.5 Å². The number of aromatic hydroxyl groups is 1. The van der Waals surface area contributed by atoms with E-state index in [-0.39, 0.29) is 203 Å². The standard InChI is InChI=1S/C10H5N8O2S.C9H4N8O2S.2C9H6N4O4S.2Co.2Na/c1-20-8-6(7(19)15-10(21)16-8)17-18-9-13-4(2-11)5(3-12)14-9;1-10-4-5(11-2)13-8(12-4)17-16-3-6(18)14-9(20)15-7(3)19;2*14-5-1-2-6(7(15)3-5)11-12-9-10-4-8(18-9)13(16)17;;;;/h1H2,(H3,13,14,15,16,17,18,19,21);(H4,12,13,14,15,16,17,18,19,20);2*1-4H,(H2,10,12,14,15);;;;/q-1;;;;;+2;2*+1/p-4. The van der Waals surface area contributed by atoms with Gasteiger partial charge in [-0.15, -0.1) is 10.2 Å². The first-order chi connectivity index (χ1) is 36.7. The first-order valence-corrected chi connectivity index (χ1v) is 21.6. The molecule has 44 heteroatoms. The predicted molar refractivity (Wildman–Crippen MR) is 262 cm³/mol. The van der Waals surface area contributed by atoms with E-state index in [0.717, 1.165) is 47.2 Å². The van der Waals surface area contributed by atoms with Crippen LogP contribution in [-0.4, -0.2) is 78.1 Å². The third kappa shape index (κ3) is 20.5. The Morgan fingerprint density at radius 1 is 0.716 bits per heavy atom. The van der Waals surface area contributed by atoms with Crippen LogP contribution < -0.4 is 105 Å². The molecular formula is C37H17Co2N24Na2O12S4-. The first-order valence-electron chi connectivity index (χ1n) is 19.1. The number of aliphatic hydroxyl groups excluding tert-OH is 2. The molecule has 0 spiro atoms. The van der Waals surface area contributed by atoms with Crippen molar-refractivity contribution in [3.05, 3.63) is 162 Å². The molecule has 36 nitrogen and oxygen atoms in total. The van der Waals surface area contributed by atoms with Crippen molar-refractivity contribution in [3.63, 3.8) is 0 Å². The van der Waals surface area contributed by atoms with Crippen LogP contribution in [0.4, 0.5) is 44.9 Å². The van der Waals surface area contributed by atoms with Crippen LogP contribution in [0.2, 0.25) is 0 Å². The molecule has 0 unspecified atom stereocenters. The summed E-state index contributed by atoms with van der Waals surface area (Å²) in [6, 6.07) is 3.37. The molecule has 0 atom stereocenters. The smallest absolute Gasteiger partial charge is 0.652 e. The number of imidazole rings is 2. The van der Waals surface area contributed by atoms with Crippen molar-refractivity contribution in [3.8, 4) is 23.9 Å². The summed E-state index contributed by atoms with van der Waals surface area (Å²) in [7, 11) is 3.15. The van der Waals surface area contributed by atoms with Gasteiger partial charge in [-0.05, 0) is 48.7 Å². The summed E-state index contributed by atoms with van der Waals surface area (Å²) >= 11 is 10.9. The number of nitrogens with zero attached hydrogens (tertiary/aromatic N) is 20. The SMILES string of the molecule is O=C1C=C/C(=N\N=c2/[n-]cc([N+](=O)[O-])s2)C(O)=C1.O=C1C=C/C(=N\N=c2/[n-]cc([N+](=O)[O-])s2)C(O)=C1.[C-]#[N+]c1nc(N=Nc2c(O)[nH]c(=S)[nH]c2=O)[n-]c1[N+]#[C-].[CH2-]Oc1[nH]c(=S)[nH]c(=O)c1N=Nc1nc(C#N)c(C#N)[n-]1.[Co+2].[Co].[Na+].[Na+]. The minimum atomic E-state index is -0.752. The van der Waals surface area contributed by atoms with Gasteiger partial charge in [0.05, 0.1) is 27.1 Å². The number of azo groups is 2. The Balaban J connectivity index is 0.000000532. The Bertz CT molecular complexity index is 4040. The van der Waals surface area contributed by atoms with Gasteiger partial charge in [-0.25, -0.2) is 11.7 Å². The fourth-order valence-electron chi connectivity index (χ4n) is 4.59. The van der Waals surface area contributed by atoms with Crippen LogP contribution in [0, 0.1) is 72.7 Å². The van der Waals surface area contributed by atoms with Gasteiger partial charge < -0.3 is 69.9 Å². The molecule has 0 saturated heterocycles. The number of nitro groups is 2. The number of thiazole rings is 2. The quantitative estimate of drug-likeness (QED) is 0.0157. The zero-order valence-corrected chi connectivity index (χ0v) is 48.9. The number of rotatable bonds is 9. The van der Waals surface area contributed by atoms with E-state index in [2.05, 4.69) is 124 Å². The second-order valence-electron chi connectivity index (χ2n) is 12.8. The summed E-state index contributed by atoms with van der Waals surface area (Å²) < 4.78 is 4.64. The second-order valence-corrected chi connectivity index (χ2v) is 15.5. The molecule has 0 bridgehead atoms. The molecule has 402 valence electrons. The van der Waals surface area contributed by atoms with Gasteiger partial charge >= 0.3 is 85.9 Å². The number of aromatic amines is 4. The van der Waals surface area contributed by atoms with Crippen LogP contribution in [0.1, 0.15) is 11.4 Å². The van der Waals surface area contributed by atoms with Gasteiger partial charge in [-0.3, -0.25) is 74.7 Å². The molecule has 6 heterocycles. The van der Waals surface area contributed by atoms with Crippen molar-refractivity contribution < 1.29 is 132 Å². The molecule has 0 fully saturated rings. The summed E-state index contributed by atoms with van der Waals surface area (Å²) in [5, 5.41) is 94.9. The van der Waals surface area contributed by atoms with Gasteiger partial charge in [-0.1, -0.05) is 29.2 Å². The molecule has 2 aliphatic carbocycles. The fraction of sp³-hybridized carbons (Fsp3) is 0. The van der Waals surface area contributed by atoms with Gasteiger partial charge in [-0.2, -0.15) is 17.6 Å². The fourth-order valence-corrected chi connectivity index (χ4v) is 6.07. The summed E-state index contributed by atoms with van der Waals surface area (Å²) in [6.07, 6.45) is 9.17. The largest absolute Gasteiger partial charge is 2.00 e. The zero-order chi connectivity index (χ0) is 56.3. The molecule has 6 aromatic heterocycles. The first kappa shape index (κ1) is 70.3. The number of ether oxygens (including phenoxy) is 1. The monoisotopic (exact) mass is 1280 g/mol. The maximum Gasteiger partial charge on any atom is 2.00 e.